The Balaban J connectivity index is 2.46. The molecule has 0 heterocycles. The quantitative estimate of drug-likeness (QED) is 0.785. The van der Waals surface area contributed by atoms with Crippen molar-refractivity contribution in [2.75, 3.05) is 14.2 Å². The molecular weight excluding hydrogens is 230 g/mol. The highest BCUT2D eigenvalue weighted by Crippen LogP contribution is 2.12. The number of hydrogen-bond donors (Lipinski definition) is 1. The van der Waals surface area contributed by atoms with E-state index < -0.39 is 0 Å². The van der Waals surface area contributed by atoms with Gasteiger partial charge in [0.25, 0.3) is 0 Å². The molecule has 0 aliphatic rings. The van der Waals surface area contributed by atoms with Crippen LogP contribution in [0, 0.1) is 5.92 Å². The van der Waals surface area contributed by atoms with Crippen molar-refractivity contribution >= 4 is 5.97 Å². The van der Waals surface area contributed by atoms with Crippen LogP contribution >= 0.6 is 0 Å². The maximum Gasteiger partial charge on any atom is 0.309 e. The number of hydrogen-bond acceptors (Lipinski definition) is 4. The first-order chi connectivity index (χ1) is 8.58. The highest BCUT2D eigenvalue weighted by molar-refractivity contribution is 5.72. The van der Waals surface area contributed by atoms with Crippen LogP contribution in [0.2, 0.25) is 0 Å². The van der Waals surface area contributed by atoms with E-state index in [-0.39, 0.29) is 17.9 Å². The van der Waals surface area contributed by atoms with Gasteiger partial charge in [-0.2, -0.15) is 0 Å². The van der Waals surface area contributed by atoms with Crippen molar-refractivity contribution in [1.29, 1.82) is 0 Å². The molecule has 1 rings (SSSR count). The van der Waals surface area contributed by atoms with E-state index in [1.54, 1.807) is 7.11 Å². The fraction of sp³-hybridized carbons (Fsp3) is 0.500. The van der Waals surface area contributed by atoms with Gasteiger partial charge in [0.2, 0.25) is 0 Å². The zero-order valence-corrected chi connectivity index (χ0v) is 11.4. The largest absolute Gasteiger partial charge is 0.497 e. The van der Waals surface area contributed by atoms with Crippen LogP contribution in [0.1, 0.15) is 19.4 Å². The van der Waals surface area contributed by atoms with Gasteiger partial charge in [-0.15, -0.1) is 0 Å². The maximum absolute atomic E-state index is 11.4. The van der Waals surface area contributed by atoms with E-state index in [0.29, 0.717) is 6.54 Å². The van der Waals surface area contributed by atoms with E-state index in [1.165, 1.54) is 7.11 Å². The summed E-state index contributed by atoms with van der Waals surface area (Å²) in [6.07, 6.45) is 0. The molecule has 4 nitrogen and oxygen atoms in total. The smallest absolute Gasteiger partial charge is 0.309 e. The van der Waals surface area contributed by atoms with Crippen LogP contribution in [0.3, 0.4) is 0 Å². The van der Waals surface area contributed by atoms with Crippen LogP contribution in [0.15, 0.2) is 24.3 Å². The molecule has 4 heteroatoms. The lowest BCUT2D eigenvalue weighted by Gasteiger charge is -2.19. The molecule has 0 aliphatic heterocycles. The summed E-state index contributed by atoms with van der Waals surface area (Å²) >= 11 is 0. The van der Waals surface area contributed by atoms with Crippen LogP contribution in [0.5, 0.6) is 5.75 Å². The molecule has 0 bridgehead atoms. The summed E-state index contributed by atoms with van der Waals surface area (Å²) < 4.78 is 9.82. The van der Waals surface area contributed by atoms with Crippen LogP contribution in [0.25, 0.3) is 0 Å². The molecule has 0 saturated heterocycles. The topological polar surface area (TPSA) is 47.6 Å². The second-order valence-electron chi connectivity index (χ2n) is 4.33. The zero-order valence-electron chi connectivity index (χ0n) is 11.4. The molecule has 18 heavy (non-hydrogen) atoms. The molecule has 0 fully saturated rings. The molecule has 0 aromatic heterocycles. The van der Waals surface area contributed by atoms with Crippen LogP contribution in [0.4, 0.5) is 0 Å². The Morgan fingerprint density at radius 2 is 1.83 bits per heavy atom. The number of benzene rings is 1. The van der Waals surface area contributed by atoms with Crippen molar-refractivity contribution in [3.63, 3.8) is 0 Å². The van der Waals surface area contributed by atoms with E-state index in [1.807, 2.05) is 38.1 Å². The molecule has 100 valence electrons. The first-order valence-corrected chi connectivity index (χ1v) is 6.02. The highest BCUT2D eigenvalue weighted by atomic mass is 16.5. The van der Waals surface area contributed by atoms with Crippen LogP contribution in [-0.2, 0) is 16.1 Å². The second kappa shape index (κ2) is 7.01. The average Bonchev–Trinajstić information content (AvgIpc) is 2.43. The molecule has 1 aromatic carbocycles. The number of carbonyl (C=O) groups is 1. The van der Waals surface area contributed by atoms with Crippen LogP contribution in [-0.4, -0.2) is 26.2 Å². The van der Waals surface area contributed by atoms with Crippen LogP contribution < -0.4 is 10.1 Å². The van der Waals surface area contributed by atoms with E-state index in [9.17, 15) is 4.79 Å². The number of esters is 1. The second-order valence-corrected chi connectivity index (χ2v) is 4.33. The molecule has 0 spiro atoms. The minimum atomic E-state index is -0.190. The van der Waals surface area contributed by atoms with Crippen molar-refractivity contribution in [3.05, 3.63) is 29.8 Å². The lowest BCUT2D eigenvalue weighted by Crippen LogP contribution is -2.36. The summed E-state index contributed by atoms with van der Waals surface area (Å²) in [4.78, 5) is 11.4. The van der Waals surface area contributed by atoms with E-state index in [4.69, 9.17) is 9.47 Å². The minimum Gasteiger partial charge on any atom is -0.497 e. The van der Waals surface area contributed by atoms with Gasteiger partial charge in [-0.25, -0.2) is 0 Å². The number of nitrogens with one attached hydrogen (secondary N) is 1. The third-order valence-corrected chi connectivity index (χ3v) is 3.11. The predicted molar refractivity (Wildman–Crippen MR) is 70.5 cm³/mol. The third-order valence-electron chi connectivity index (χ3n) is 3.11. The van der Waals surface area contributed by atoms with Crippen molar-refractivity contribution in [3.8, 4) is 5.75 Å². The van der Waals surface area contributed by atoms with Gasteiger partial charge >= 0.3 is 5.97 Å². The zero-order chi connectivity index (χ0) is 13.5. The van der Waals surface area contributed by atoms with E-state index >= 15 is 0 Å². The summed E-state index contributed by atoms with van der Waals surface area (Å²) in [6, 6.07) is 7.92. The Bertz CT molecular complexity index is 375. The maximum atomic E-state index is 11.4. The molecule has 1 N–H and O–H groups in total. The molecule has 1 aromatic rings. The number of methoxy groups -OCH3 is 2. The third kappa shape index (κ3) is 4.04. The van der Waals surface area contributed by atoms with Gasteiger partial charge in [0.1, 0.15) is 5.75 Å². The molecule has 0 saturated carbocycles. The Kier molecular flexibility index (Phi) is 5.65. The van der Waals surface area contributed by atoms with E-state index in [0.717, 1.165) is 11.3 Å². The standard InChI is InChI=1S/C14H21NO3/c1-10(14(16)18-4)11(2)15-9-12-5-7-13(17-3)8-6-12/h5-8,10-11,15H,9H2,1-4H3. The molecular formula is C14H21NO3. The fourth-order valence-corrected chi connectivity index (χ4v) is 1.59. The van der Waals surface area contributed by atoms with Gasteiger partial charge in [0.05, 0.1) is 20.1 Å². The summed E-state index contributed by atoms with van der Waals surface area (Å²) in [5.41, 5.74) is 1.15. The van der Waals surface area contributed by atoms with Gasteiger partial charge < -0.3 is 14.8 Å². The minimum absolute atomic E-state index is 0.0690. The lowest BCUT2D eigenvalue weighted by atomic mass is 10.0. The first-order valence-electron chi connectivity index (χ1n) is 6.02. The SMILES string of the molecule is COC(=O)C(C)C(C)NCc1ccc(OC)cc1. The highest BCUT2D eigenvalue weighted by Gasteiger charge is 2.20. The summed E-state index contributed by atoms with van der Waals surface area (Å²) in [5, 5.41) is 3.31. The normalized spacial score (nSPS) is 13.8. The lowest BCUT2D eigenvalue weighted by molar-refractivity contribution is -0.145. The Labute approximate surface area is 108 Å². The summed E-state index contributed by atoms with van der Waals surface area (Å²) in [5.74, 6) is 0.493. The van der Waals surface area contributed by atoms with Crippen molar-refractivity contribution < 1.29 is 14.3 Å². The molecule has 0 aliphatic carbocycles. The summed E-state index contributed by atoms with van der Waals surface area (Å²) in [6.45, 7) is 4.55. The average molecular weight is 251 g/mol. The fourth-order valence-electron chi connectivity index (χ4n) is 1.59. The predicted octanol–water partition coefficient (Wildman–Crippen LogP) is 1.98. The first kappa shape index (κ1) is 14.5. The van der Waals surface area contributed by atoms with Crippen molar-refractivity contribution in [2.24, 2.45) is 5.92 Å². The Morgan fingerprint density at radius 1 is 1.22 bits per heavy atom. The molecule has 2 unspecified atom stereocenters. The van der Waals surface area contributed by atoms with Gasteiger partial charge in [0, 0.05) is 12.6 Å². The number of ether oxygens (including phenoxy) is 2. The monoisotopic (exact) mass is 251 g/mol. The Morgan fingerprint density at radius 3 is 2.33 bits per heavy atom. The van der Waals surface area contributed by atoms with Gasteiger partial charge in [-0.3, -0.25) is 4.79 Å². The molecule has 2 atom stereocenters. The van der Waals surface area contributed by atoms with Gasteiger partial charge in [0.15, 0.2) is 0 Å². The van der Waals surface area contributed by atoms with Gasteiger partial charge in [-0.1, -0.05) is 19.1 Å². The van der Waals surface area contributed by atoms with Crippen molar-refractivity contribution in [1.82, 2.24) is 5.32 Å². The van der Waals surface area contributed by atoms with E-state index in [2.05, 4.69) is 5.32 Å². The molecule has 0 amide bonds. The number of rotatable bonds is 6. The number of carbonyl (C=O) groups excluding carboxylic acids is 1. The van der Waals surface area contributed by atoms with Crippen molar-refractivity contribution in [2.45, 2.75) is 26.4 Å². The Hall–Kier alpha value is -1.55. The summed E-state index contributed by atoms with van der Waals surface area (Å²) in [7, 11) is 3.06. The molecule has 0 radical (unpaired) electrons. The van der Waals surface area contributed by atoms with Gasteiger partial charge in [-0.05, 0) is 24.6 Å².